The van der Waals surface area contributed by atoms with E-state index in [1.54, 1.807) is 0 Å². The van der Waals surface area contributed by atoms with E-state index in [9.17, 15) is 0 Å². The van der Waals surface area contributed by atoms with Crippen molar-refractivity contribution in [2.45, 2.75) is 19.3 Å². The van der Waals surface area contributed by atoms with Gasteiger partial charge in [0.05, 0.1) is 11.4 Å². The summed E-state index contributed by atoms with van der Waals surface area (Å²) >= 11 is 0. The average Bonchev–Trinajstić information content (AvgIpc) is 3.60. The Hall–Kier alpha value is -5.80. The molecule has 6 aromatic carbocycles. The summed E-state index contributed by atoms with van der Waals surface area (Å²) in [5, 5.41) is 2.21. The minimum absolute atomic E-state index is 0.0521. The van der Waals surface area contributed by atoms with Crippen LogP contribution in [-0.4, -0.2) is 9.97 Å². The molecule has 0 N–H and O–H groups in total. The van der Waals surface area contributed by atoms with Crippen molar-refractivity contribution in [1.29, 1.82) is 0 Å². The molecule has 3 nitrogen and oxygen atoms in total. The van der Waals surface area contributed by atoms with E-state index >= 15 is 0 Å². The highest BCUT2D eigenvalue weighted by Gasteiger charge is 2.35. The van der Waals surface area contributed by atoms with E-state index in [4.69, 9.17) is 14.4 Å². The van der Waals surface area contributed by atoms with Crippen molar-refractivity contribution < 1.29 is 4.42 Å². The van der Waals surface area contributed by atoms with Gasteiger partial charge in [0.15, 0.2) is 5.82 Å². The number of aromatic nitrogens is 2. The normalized spacial score (nSPS) is 13.2. The van der Waals surface area contributed by atoms with Gasteiger partial charge in [0.2, 0.25) is 0 Å². The summed E-state index contributed by atoms with van der Waals surface area (Å²) in [7, 11) is 0. The first-order chi connectivity index (χ1) is 22.5. The number of nitrogens with zero attached hydrogens (tertiary/aromatic N) is 2. The lowest BCUT2D eigenvalue weighted by Gasteiger charge is -2.21. The van der Waals surface area contributed by atoms with E-state index in [0.717, 1.165) is 61.1 Å². The van der Waals surface area contributed by atoms with Gasteiger partial charge >= 0.3 is 0 Å². The van der Waals surface area contributed by atoms with Crippen molar-refractivity contribution in [3.05, 3.63) is 157 Å². The first-order valence-electron chi connectivity index (χ1n) is 15.7. The molecule has 9 rings (SSSR count). The Balaban J connectivity index is 1.31. The average molecular weight is 591 g/mol. The van der Waals surface area contributed by atoms with Crippen molar-refractivity contribution in [2.75, 3.05) is 0 Å². The molecule has 218 valence electrons. The van der Waals surface area contributed by atoms with E-state index in [2.05, 4.69) is 111 Å². The molecule has 2 aromatic heterocycles. The molecular weight excluding hydrogens is 560 g/mol. The number of hydrogen-bond donors (Lipinski definition) is 0. The summed E-state index contributed by atoms with van der Waals surface area (Å²) in [6, 6.07) is 51.1. The third-order valence-electron chi connectivity index (χ3n) is 9.50. The zero-order valence-corrected chi connectivity index (χ0v) is 25.7. The third-order valence-corrected chi connectivity index (χ3v) is 9.50. The first kappa shape index (κ1) is 26.6. The second-order valence-corrected chi connectivity index (χ2v) is 12.6. The molecule has 0 bridgehead atoms. The van der Waals surface area contributed by atoms with Crippen LogP contribution in [0.3, 0.4) is 0 Å². The number of rotatable bonds is 4. The van der Waals surface area contributed by atoms with Crippen LogP contribution in [0.5, 0.6) is 0 Å². The van der Waals surface area contributed by atoms with Gasteiger partial charge in [-0.25, -0.2) is 9.97 Å². The van der Waals surface area contributed by atoms with Gasteiger partial charge in [0, 0.05) is 32.9 Å². The predicted octanol–water partition coefficient (Wildman–Crippen LogP) is 11.4. The van der Waals surface area contributed by atoms with Gasteiger partial charge in [-0.2, -0.15) is 0 Å². The molecule has 46 heavy (non-hydrogen) atoms. The van der Waals surface area contributed by atoms with Crippen molar-refractivity contribution in [1.82, 2.24) is 9.97 Å². The van der Waals surface area contributed by atoms with Crippen LogP contribution in [0, 0.1) is 0 Å². The van der Waals surface area contributed by atoms with Crippen LogP contribution in [0.2, 0.25) is 0 Å². The Kier molecular flexibility index (Phi) is 5.85. The van der Waals surface area contributed by atoms with Crippen LogP contribution >= 0.6 is 0 Å². The smallest absolute Gasteiger partial charge is 0.160 e. The maximum absolute atomic E-state index is 6.53. The lowest BCUT2D eigenvalue weighted by atomic mass is 9.82. The Bertz CT molecular complexity index is 2380. The van der Waals surface area contributed by atoms with E-state index in [1.807, 2.05) is 48.5 Å². The lowest BCUT2D eigenvalue weighted by Crippen LogP contribution is -2.14. The molecule has 0 amide bonds. The van der Waals surface area contributed by atoms with E-state index in [1.165, 1.54) is 22.3 Å². The molecule has 0 saturated heterocycles. The van der Waals surface area contributed by atoms with Gasteiger partial charge < -0.3 is 4.42 Å². The van der Waals surface area contributed by atoms with Crippen molar-refractivity contribution >= 4 is 21.9 Å². The third kappa shape index (κ3) is 4.13. The van der Waals surface area contributed by atoms with Crippen molar-refractivity contribution in [3.8, 4) is 56.2 Å². The molecule has 0 spiro atoms. The molecule has 3 heteroatoms. The Morgan fingerprint density at radius 2 is 1.07 bits per heavy atom. The standard InChI is InChI=1S/C43H30N2O/c1-43(2)35-19-11-9-17-31(35)34-23-29(21-22-36(34)43)33-24-30(25-40-41(33)32-18-10-12-20-39(32)46-40)42-44-37(27-13-5-3-6-14-27)26-38(45-42)28-15-7-4-8-16-28/h3-26H,1-2H3. The Morgan fingerprint density at radius 1 is 0.457 bits per heavy atom. The molecule has 0 fully saturated rings. The molecule has 0 unspecified atom stereocenters. The summed E-state index contributed by atoms with van der Waals surface area (Å²) in [6.45, 7) is 4.64. The van der Waals surface area contributed by atoms with Gasteiger partial charge in [-0.15, -0.1) is 0 Å². The van der Waals surface area contributed by atoms with Gasteiger partial charge in [-0.3, -0.25) is 0 Å². The van der Waals surface area contributed by atoms with Crippen LogP contribution in [0.1, 0.15) is 25.0 Å². The molecule has 0 atom stereocenters. The van der Waals surface area contributed by atoms with Gasteiger partial charge in [0.1, 0.15) is 11.2 Å². The summed E-state index contributed by atoms with van der Waals surface area (Å²) in [4.78, 5) is 10.3. The Morgan fingerprint density at radius 3 is 1.80 bits per heavy atom. The summed E-state index contributed by atoms with van der Waals surface area (Å²) < 4.78 is 6.53. The van der Waals surface area contributed by atoms with Crippen LogP contribution in [0.15, 0.2) is 150 Å². The molecule has 1 aliphatic carbocycles. The number of fused-ring (bicyclic) bond motifs is 6. The van der Waals surface area contributed by atoms with Crippen molar-refractivity contribution in [3.63, 3.8) is 0 Å². The minimum atomic E-state index is -0.0521. The van der Waals surface area contributed by atoms with Crippen molar-refractivity contribution in [2.24, 2.45) is 0 Å². The molecule has 8 aromatic rings. The molecule has 2 heterocycles. The number of hydrogen-bond acceptors (Lipinski definition) is 3. The fourth-order valence-electron chi connectivity index (χ4n) is 7.19. The largest absolute Gasteiger partial charge is 0.456 e. The second kappa shape index (κ2) is 10.1. The number of benzene rings is 6. The molecular formula is C43H30N2O. The number of furan rings is 1. The zero-order valence-electron chi connectivity index (χ0n) is 25.7. The monoisotopic (exact) mass is 590 g/mol. The molecule has 1 aliphatic rings. The fraction of sp³-hybridized carbons (Fsp3) is 0.0698. The van der Waals surface area contributed by atoms with Gasteiger partial charge in [-0.1, -0.05) is 129 Å². The maximum Gasteiger partial charge on any atom is 0.160 e. The molecule has 0 radical (unpaired) electrons. The summed E-state index contributed by atoms with van der Waals surface area (Å²) in [5.41, 5.74) is 14.0. The van der Waals surface area contributed by atoms with E-state index < -0.39 is 0 Å². The van der Waals surface area contributed by atoms with Gasteiger partial charge in [-0.05, 0) is 63.7 Å². The molecule has 0 aliphatic heterocycles. The van der Waals surface area contributed by atoms with Crippen LogP contribution < -0.4 is 0 Å². The highest BCUT2D eigenvalue weighted by atomic mass is 16.3. The second-order valence-electron chi connectivity index (χ2n) is 12.6. The zero-order chi connectivity index (χ0) is 30.8. The van der Waals surface area contributed by atoms with Gasteiger partial charge in [0.25, 0.3) is 0 Å². The van der Waals surface area contributed by atoms with Crippen LogP contribution in [0.4, 0.5) is 0 Å². The van der Waals surface area contributed by atoms with E-state index in [-0.39, 0.29) is 5.41 Å². The summed E-state index contributed by atoms with van der Waals surface area (Å²) in [5.74, 6) is 0.663. The lowest BCUT2D eigenvalue weighted by molar-refractivity contribution is 0.660. The Labute approximate surface area is 267 Å². The topological polar surface area (TPSA) is 38.9 Å². The van der Waals surface area contributed by atoms with Crippen LogP contribution in [-0.2, 0) is 5.41 Å². The minimum Gasteiger partial charge on any atom is -0.456 e. The fourth-order valence-corrected chi connectivity index (χ4v) is 7.19. The highest BCUT2D eigenvalue weighted by molar-refractivity contribution is 6.14. The predicted molar refractivity (Wildman–Crippen MR) is 189 cm³/mol. The van der Waals surface area contributed by atoms with Crippen LogP contribution in [0.25, 0.3) is 78.1 Å². The molecule has 0 saturated carbocycles. The quantitative estimate of drug-likeness (QED) is 0.205. The summed E-state index contributed by atoms with van der Waals surface area (Å²) in [6.07, 6.45) is 0. The highest BCUT2D eigenvalue weighted by Crippen LogP contribution is 2.50. The SMILES string of the molecule is CC1(C)c2ccccc2-c2cc(-c3cc(-c4nc(-c5ccccc5)cc(-c5ccccc5)n4)cc4oc5ccccc5c34)ccc21. The maximum atomic E-state index is 6.53. The van der Waals surface area contributed by atoms with E-state index in [0.29, 0.717) is 5.82 Å². The first-order valence-corrected chi connectivity index (χ1v) is 15.7. The number of para-hydroxylation sites is 1.